The van der Waals surface area contributed by atoms with Crippen LogP contribution >= 0.6 is 11.3 Å². The molecule has 300 valence electrons. The van der Waals surface area contributed by atoms with Crippen molar-refractivity contribution in [2.75, 3.05) is 0 Å². The molecule has 0 radical (unpaired) electrons. The Kier molecular flexibility index (Phi) is 9.31. The van der Waals surface area contributed by atoms with Crippen molar-refractivity contribution in [1.29, 1.82) is 0 Å². The van der Waals surface area contributed by atoms with Gasteiger partial charge in [0.2, 0.25) is 5.69 Å². The number of rotatable bonds is 10. The van der Waals surface area contributed by atoms with Crippen molar-refractivity contribution in [2.24, 2.45) is 0 Å². The zero-order valence-electron chi connectivity index (χ0n) is 35.7. The monoisotopic (exact) mass is 810 g/mol. The van der Waals surface area contributed by atoms with Crippen molar-refractivity contribution < 1.29 is 4.57 Å². The van der Waals surface area contributed by atoms with Crippen molar-refractivity contribution in [2.45, 2.75) is 77.7 Å². The average Bonchev–Trinajstić information content (AvgIpc) is 4.00. The second-order valence-electron chi connectivity index (χ2n) is 17.1. The van der Waals surface area contributed by atoms with Gasteiger partial charge in [0.1, 0.15) is 9.88 Å². The van der Waals surface area contributed by atoms with Crippen LogP contribution in [0.3, 0.4) is 0 Å². The molecular formula is C57H52N3S+. The van der Waals surface area contributed by atoms with Gasteiger partial charge in [0, 0.05) is 45.8 Å². The molecule has 0 fully saturated rings. The lowest BCUT2D eigenvalue weighted by molar-refractivity contribution is -0.725. The van der Waals surface area contributed by atoms with E-state index in [4.69, 9.17) is 0 Å². The molecule has 1 unspecified atom stereocenters. The quantitative estimate of drug-likeness (QED) is 0.122. The van der Waals surface area contributed by atoms with Crippen molar-refractivity contribution in [3.05, 3.63) is 175 Å². The lowest BCUT2D eigenvalue weighted by Crippen LogP contribution is -2.54. The molecule has 0 amide bonds. The van der Waals surface area contributed by atoms with Crippen LogP contribution in [0.2, 0.25) is 0 Å². The molecular weight excluding hydrogens is 759 g/mol. The SMILES string of the molecule is CCCCc1cccc(-c2cc(-c3ccccc3)cc(-n3c4ccccc4c4cc5c6ccccc6n(-c6cc7c(s6)-c6cccc[n+]6C(CC)C7(CC)CC)c5cc43)c2)c1. The van der Waals surface area contributed by atoms with E-state index in [-0.39, 0.29) is 5.41 Å². The summed E-state index contributed by atoms with van der Waals surface area (Å²) < 4.78 is 7.69. The maximum absolute atomic E-state index is 2.59. The van der Waals surface area contributed by atoms with Crippen molar-refractivity contribution >= 4 is 54.9 Å². The summed E-state index contributed by atoms with van der Waals surface area (Å²) in [5.74, 6) is 0. The minimum Gasteiger partial charge on any atom is -0.309 e. The number of aryl methyl sites for hydroxylation is 1. The number of aromatic nitrogens is 3. The summed E-state index contributed by atoms with van der Waals surface area (Å²) in [6.45, 7) is 9.45. The zero-order chi connectivity index (χ0) is 41.2. The first kappa shape index (κ1) is 37.7. The van der Waals surface area contributed by atoms with Crippen molar-refractivity contribution in [3.8, 4) is 43.5 Å². The summed E-state index contributed by atoms with van der Waals surface area (Å²) in [4.78, 5) is 1.41. The molecule has 11 rings (SSSR count). The number of hydrogen-bond acceptors (Lipinski definition) is 1. The fraction of sp³-hybridized carbons (Fsp3) is 0.211. The van der Waals surface area contributed by atoms with E-state index in [2.05, 4.69) is 205 Å². The highest BCUT2D eigenvalue weighted by Gasteiger charge is 2.50. The topological polar surface area (TPSA) is 13.7 Å². The number of unbranched alkanes of at least 4 members (excludes halogenated alkanes) is 1. The first-order valence-electron chi connectivity index (χ1n) is 22.5. The molecule has 0 saturated carbocycles. The molecule has 61 heavy (non-hydrogen) atoms. The van der Waals surface area contributed by atoms with Crippen molar-refractivity contribution in [1.82, 2.24) is 9.13 Å². The van der Waals surface area contributed by atoms with Gasteiger partial charge >= 0.3 is 0 Å². The number of pyridine rings is 1. The molecule has 0 N–H and O–H groups in total. The van der Waals surface area contributed by atoms with E-state index in [1.54, 1.807) is 0 Å². The molecule has 4 aromatic heterocycles. The highest BCUT2D eigenvalue weighted by atomic mass is 32.1. The van der Waals surface area contributed by atoms with Crippen LogP contribution in [0.25, 0.3) is 87.1 Å². The summed E-state index contributed by atoms with van der Waals surface area (Å²) in [5, 5.41) is 6.41. The molecule has 1 atom stereocenters. The Balaban J connectivity index is 1.19. The van der Waals surface area contributed by atoms with E-state index in [1.165, 1.54) is 111 Å². The van der Waals surface area contributed by atoms with Gasteiger partial charge in [0.15, 0.2) is 12.2 Å². The van der Waals surface area contributed by atoms with Gasteiger partial charge in [0.25, 0.3) is 0 Å². The predicted molar refractivity (Wildman–Crippen MR) is 260 cm³/mol. The van der Waals surface area contributed by atoms with Crippen molar-refractivity contribution in [3.63, 3.8) is 0 Å². The van der Waals surface area contributed by atoms with E-state index >= 15 is 0 Å². The Bertz CT molecular complexity index is 3260. The van der Waals surface area contributed by atoms with Crippen LogP contribution in [0.15, 0.2) is 164 Å². The van der Waals surface area contributed by atoms with Gasteiger partial charge in [-0.15, -0.1) is 11.3 Å². The van der Waals surface area contributed by atoms with Crippen LogP contribution in [-0.4, -0.2) is 9.13 Å². The Hall–Kier alpha value is -6.23. The molecule has 1 aliphatic heterocycles. The lowest BCUT2D eigenvalue weighted by atomic mass is 9.67. The Labute approximate surface area is 363 Å². The van der Waals surface area contributed by atoms with Gasteiger partial charge < -0.3 is 9.13 Å². The van der Waals surface area contributed by atoms with Crippen LogP contribution in [-0.2, 0) is 11.8 Å². The van der Waals surface area contributed by atoms with Gasteiger partial charge in [-0.05, 0) is 114 Å². The maximum atomic E-state index is 2.59. The van der Waals surface area contributed by atoms with Crippen LogP contribution in [0, 0.1) is 0 Å². The number of thiophene rings is 1. The fourth-order valence-electron chi connectivity index (χ4n) is 11.0. The third kappa shape index (κ3) is 5.86. The average molecular weight is 811 g/mol. The molecule has 0 saturated heterocycles. The minimum atomic E-state index is 0.0628. The molecule has 10 aromatic rings. The van der Waals surface area contributed by atoms with Gasteiger partial charge in [-0.1, -0.05) is 125 Å². The third-order valence-electron chi connectivity index (χ3n) is 14.0. The Morgan fingerprint density at radius 1 is 0.541 bits per heavy atom. The molecule has 4 heteroatoms. The number of nitrogens with zero attached hydrogens (tertiary/aromatic N) is 3. The third-order valence-corrected chi connectivity index (χ3v) is 15.2. The molecule has 1 aliphatic rings. The predicted octanol–water partition coefficient (Wildman–Crippen LogP) is 15.6. The second kappa shape index (κ2) is 15.0. The van der Waals surface area contributed by atoms with E-state index in [0.29, 0.717) is 6.04 Å². The smallest absolute Gasteiger partial charge is 0.223 e. The van der Waals surface area contributed by atoms with Gasteiger partial charge in [-0.25, -0.2) is 0 Å². The Morgan fingerprint density at radius 3 is 1.92 bits per heavy atom. The summed E-state index contributed by atoms with van der Waals surface area (Å²) in [6, 6.07) is 60.0. The summed E-state index contributed by atoms with van der Waals surface area (Å²) in [7, 11) is 0. The summed E-state index contributed by atoms with van der Waals surface area (Å²) in [5.41, 5.74) is 15.4. The number of benzene rings is 6. The van der Waals surface area contributed by atoms with Crippen LogP contribution in [0.1, 0.15) is 77.0 Å². The van der Waals surface area contributed by atoms with Gasteiger partial charge in [-0.2, -0.15) is 4.57 Å². The Morgan fingerprint density at radius 2 is 1.20 bits per heavy atom. The van der Waals surface area contributed by atoms with Crippen LogP contribution in [0.4, 0.5) is 0 Å². The zero-order valence-corrected chi connectivity index (χ0v) is 36.5. The second-order valence-corrected chi connectivity index (χ2v) is 18.2. The van der Waals surface area contributed by atoms with Crippen LogP contribution in [0.5, 0.6) is 0 Å². The normalized spacial score (nSPS) is 14.6. The molecule has 6 aromatic carbocycles. The first-order chi connectivity index (χ1) is 30.0. The maximum Gasteiger partial charge on any atom is 0.223 e. The fourth-order valence-corrected chi connectivity index (χ4v) is 12.4. The minimum absolute atomic E-state index is 0.0628. The highest BCUT2D eigenvalue weighted by molar-refractivity contribution is 7.18. The standard InChI is InChI=1S/C57H52N3S/c1-5-9-20-38-21-19-24-40(31-38)42-32-41(39-22-11-10-12-23-39)33-43(34-42)59-49-27-15-13-25-44(49)46-35-47-45-26-14-16-28-50(45)60(53(47)37-52(46)59)55-36-48-56(61-55)51-29-17-18-30-58(51)54(6-2)57(48,7-3)8-4/h10-19,21-37,54H,5-9,20H2,1-4H3/q+1. The van der Waals surface area contributed by atoms with Gasteiger partial charge in [0.05, 0.1) is 27.5 Å². The van der Waals surface area contributed by atoms with E-state index in [1.807, 2.05) is 11.3 Å². The largest absolute Gasteiger partial charge is 0.309 e. The molecule has 0 aliphatic carbocycles. The molecule has 0 spiro atoms. The van der Waals surface area contributed by atoms with Crippen LogP contribution < -0.4 is 4.57 Å². The van der Waals surface area contributed by atoms with E-state index in [0.717, 1.165) is 25.7 Å². The first-order valence-corrected chi connectivity index (χ1v) is 23.3. The number of para-hydroxylation sites is 2. The van der Waals surface area contributed by atoms with Gasteiger partial charge in [-0.3, -0.25) is 0 Å². The number of fused-ring (bicyclic) bond motifs is 9. The van der Waals surface area contributed by atoms with E-state index in [9.17, 15) is 0 Å². The lowest BCUT2D eigenvalue weighted by Gasteiger charge is -2.39. The summed E-state index contributed by atoms with van der Waals surface area (Å²) in [6.07, 6.45) is 9.12. The van der Waals surface area contributed by atoms with E-state index < -0.39 is 0 Å². The highest BCUT2D eigenvalue weighted by Crippen LogP contribution is 2.53. The summed E-state index contributed by atoms with van der Waals surface area (Å²) >= 11 is 1.96. The number of hydrogen-bond donors (Lipinski definition) is 0. The molecule has 0 bridgehead atoms. The molecule has 5 heterocycles. The molecule has 3 nitrogen and oxygen atoms in total.